The molecular weight excluding hydrogens is 209 g/mol. The fraction of sp³-hybridized carbons (Fsp3) is 0.444. The molecule has 15 heavy (non-hydrogen) atoms. The molecule has 1 N–H and O–H groups in total. The van der Waals surface area contributed by atoms with E-state index in [0.717, 1.165) is 0 Å². The number of hydrogen-bond acceptors (Lipinski definition) is 3. The van der Waals surface area contributed by atoms with Crippen LogP contribution in [0.5, 0.6) is 5.88 Å². The third kappa shape index (κ3) is 5.90. The fourth-order valence-electron chi connectivity index (χ4n) is 0.890. The van der Waals surface area contributed by atoms with Crippen molar-refractivity contribution < 1.29 is 17.9 Å². The molecule has 0 aromatic carbocycles. The van der Waals surface area contributed by atoms with E-state index in [1.807, 2.05) is 0 Å². The van der Waals surface area contributed by atoms with Gasteiger partial charge in [0.25, 0.3) is 0 Å². The molecule has 0 saturated carbocycles. The van der Waals surface area contributed by atoms with E-state index >= 15 is 0 Å². The number of halogens is 3. The monoisotopic (exact) mass is 220 g/mol. The van der Waals surface area contributed by atoms with Gasteiger partial charge in [-0.05, 0) is 6.07 Å². The molecule has 0 radical (unpaired) electrons. The average molecular weight is 220 g/mol. The maximum Gasteiger partial charge on any atom is 0.401 e. The van der Waals surface area contributed by atoms with Crippen molar-refractivity contribution in [3.8, 4) is 5.88 Å². The average Bonchev–Trinajstić information content (AvgIpc) is 2.17. The number of hydrogen-bond donors (Lipinski definition) is 1. The number of nitrogens with one attached hydrogen (secondary N) is 1. The second-order valence-corrected chi connectivity index (χ2v) is 2.81. The van der Waals surface area contributed by atoms with E-state index < -0.39 is 12.7 Å². The summed E-state index contributed by atoms with van der Waals surface area (Å²) in [5.41, 5.74) is 0. The molecule has 1 aromatic rings. The first kappa shape index (κ1) is 11.8. The zero-order valence-electron chi connectivity index (χ0n) is 7.92. The molecule has 6 heteroatoms. The van der Waals surface area contributed by atoms with Gasteiger partial charge < -0.3 is 10.1 Å². The molecule has 0 bridgehead atoms. The lowest BCUT2D eigenvalue weighted by atomic mass is 10.5. The van der Waals surface area contributed by atoms with Crippen LogP contribution in [0.25, 0.3) is 0 Å². The number of pyridine rings is 1. The summed E-state index contributed by atoms with van der Waals surface area (Å²) in [4.78, 5) is 3.85. The number of ether oxygens (including phenoxy) is 1. The highest BCUT2D eigenvalue weighted by atomic mass is 19.4. The lowest BCUT2D eigenvalue weighted by Gasteiger charge is -2.08. The Bertz CT molecular complexity index is 276. The first-order chi connectivity index (χ1) is 7.08. The summed E-state index contributed by atoms with van der Waals surface area (Å²) < 4.78 is 40.2. The molecule has 0 unspecified atom stereocenters. The standard InChI is InChI=1S/C9H11F3N2O/c10-9(11,12)7-13-5-6-15-8-3-1-2-4-14-8/h1-4,13H,5-7H2. The normalized spacial score (nSPS) is 11.4. The van der Waals surface area contributed by atoms with Gasteiger partial charge in [-0.1, -0.05) is 6.07 Å². The fourth-order valence-corrected chi connectivity index (χ4v) is 0.890. The summed E-state index contributed by atoms with van der Waals surface area (Å²) in [6, 6.07) is 5.12. The minimum Gasteiger partial charge on any atom is -0.476 e. The van der Waals surface area contributed by atoms with Crippen LogP contribution in [0.2, 0.25) is 0 Å². The topological polar surface area (TPSA) is 34.1 Å². The van der Waals surface area contributed by atoms with Gasteiger partial charge in [0.15, 0.2) is 0 Å². The van der Waals surface area contributed by atoms with Crippen LogP contribution in [-0.2, 0) is 0 Å². The van der Waals surface area contributed by atoms with Gasteiger partial charge in [0.1, 0.15) is 6.61 Å². The number of alkyl halides is 3. The van der Waals surface area contributed by atoms with Crippen molar-refractivity contribution in [2.45, 2.75) is 6.18 Å². The second kappa shape index (κ2) is 5.55. The quantitative estimate of drug-likeness (QED) is 0.765. The molecule has 0 amide bonds. The third-order valence-electron chi connectivity index (χ3n) is 1.49. The molecule has 0 aliphatic heterocycles. The molecule has 0 saturated heterocycles. The second-order valence-electron chi connectivity index (χ2n) is 2.81. The molecular formula is C9H11F3N2O. The Morgan fingerprint density at radius 3 is 2.73 bits per heavy atom. The first-order valence-corrected chi connectivity index (χ1v) is 4.39. The lowest BCUT2D eigenvalue weighted by Crippen LogP contribution is -2.31. The summed E-state index contributed by atoms with van der Waals surface area (Å²) in [6.45, 7) is -0.707. The van der Waals surface area contributed by atoms with E-state index in [9.17, 15) is 13.2 Å². The predicted molar refractivity (Wildman–Crippen MR) is 48.7 cm³/mol. The zero-order chi connectivity index (χ0) is 11.1. The van der Waals surface area contributed by atoms with Gasteiger partial charge in [0.05, 0.1) is 6.54 Å². The first-order valence-electron chi connectivity index (χ1n) is 4.39. The van der Waals surface area contributed by atoms with Crippen molar-refractivity contribution in [3.63, 3.8) is 0 Å². The van der Waals surface area contributed by atoms with Crippen LogP contribution in [0.3, 0.4) is 0 Å². The molecule has 0 spiro atoms. The van der Waals surface area contributed by atoms with E-state index in [4.69, 9.17) is 4.74 Å². The highest BCUT2D eigenvalue weighted by Crippen LogP contribution is 2.11. The van der Waals surface area contributed by atoms with E-state index in [0.29, 0.717) is 5.88 Å². The number of rotatable bonds is 5. The molecule has 1 rings (SSSR count). The summed E-state index contributed by atoms with van der Waals surface area (Å²) in [5.74, 6) is 0.409. The Morgan fingerprint density at radius 1 is 1.33 bits per heavy atom. The van der Waals surface area contributed by atoms with E-state index in [-0.39, 0.29) is 13.2 Å². The van der Waals surface area contributed by atoms with E-state index in [2.05, 4.69) is 10.3 Å². The predicted octanol–water partition coefficient (Wildman–Crippen LogP) is 1.61. The molecule has 0 aliphatic rings. The Kier molecular flexibility index (Phi) is 4.36. The molecule has 1 aromatic heterocycles. The van der Waals surface area contributed by atoms with Crippen LogP contribution < -0.4 is 10.1 Å². The molecule has 0 aliphatic carbocycles. The van der Waals surface area contributed by atoms with Crippen molar-refractivity contribution in [3.05, 3.63) is 24.4 Å². The molecule has 0 fully saturated rings. The maximum absolute atomic E-state index is 11.7. The van der Waals surface area contributed by atoms with Crippen LogP contribution in [0.1, 0.15) is 0 Å². The Morgan fingerprint density at radius 2 is 2.13 bits per heavy atom. The van der Waals surface area contributed by atoms with E-state index in [1.54, 1.807) is 24.4 Å². The van der Waals surface area contributed by atoms with Crippen LogP contribution >= 0.6 is 0 Å². The molecule has 84 valence electrons. The van der Waals surface area contributed by atoms with Gasteiger partial charge in [-0.25, -0.2) is 4.98 Å². The highest BCUT2D eigenvalue weighted by Gasteiger charge is 2.25. The Labute approximate surface area is 85.3 Å². The van der Waals surface area contributed by atoms with Gasteiger partial charge in [0, 0.05) is 18.8 Å². The number of aromatic nitrogens is 1. The molecule has 3 nitrogen and oxygen atoms in total. The van der Waals surface area contributed by atoms with Crippen LogP contribution in [0, 0.1) is 0 Å². The van der Waals surface area contributed by atoms with Crippen molar-refractivity contribution in [2.75, 3.05) is 19.7 Å². The van der Waals surface area contributed by atoms with Crippen LogP contribution in [0.4, 0.5) is 13.2 Å². The minimum absolute atomic E-state index is 0.135. The summed E-state index contributed by atoms with van der Waals surface area (Å²) >= 11 is 0. The van der Waals surface area contributed by atoms with Crippen molar-refractivity contribution in [1.82, 2.24) is 10.3 Å². The summed E-state index contributed by atoms with van der Waals surface area (Å²) in [6.07, 6.45) is -2.62. The third-order valence-corrected chi connectivity index (χ3v) is 1.49. The maximum atomic E-state index is 11.7. The lowest BCUT2D eigenvalue weighted by molar-refractivity contribution is -0.124. The highest BCUT2D eigenvalue weighted by molar-refractivity contribution is 5.08. The van der Waals surface area contributed by atoms with Crippen LogP contribution in [-0.4, -0.2) is 30.9 Å². The molecule has 0 atom stereocenters. The van der Waals surface area contributed by atoms with Crippen molar-refractivity contribution in [1.29, 1.82) is 0 Å². The van der Waals surface area contributed by atoms with Crippen molar-refractivity contribution >= 4 is 0 Å². The van der Waals surface area contributed by atoms with Gasteiger partial charge in [-0.2, -0.15) is 13.2 Å². The molecule has 1 heterocycles. The number of nitrogens with zero attached hydrogens (tertiary/aromatic N) is 1. The summed E-state index contributed by atoms with van der Waals surface area (Å²) in [7, 11) is 0. The van der Waals surface area contributed by atoms with E-state index in [1.165, 1.54) is 0 Å². The zero-order valence-corrected chi connectivity index (χ0v) is 7.92. The van der Waals surface area contributed by atoms with Gasteiger partial charge >= 0.3 is 6.18 Å². The van der Waals surface area contributed by atoms with Crippen molar-refractivity contribution in [2.24, 2.45) is 0 Å². The summed E-state index contributed by atoms with van der Waals surface area (Å²) in [5, 5.41) is 2.22. The van der Waals surface area contributed by atoms with Gasteiger partial charge in [-0.15, -0.1) is 0 Å². The Hall–Kier alpha value is -1.30. The SMILES string of the molecule is FC(F)(F)CNCCOc1ccccn1. The minimum atomic E-state index is -4.18. The van der Waals surface area contributed by atoms with Gasteiger partial charge in [0.2, 0.25) is 5.88 Å². The largest absolute Gasteiger partial charge is 0.476 e. The smallest absolute Gasteiger partial charge is 0.401 e. The van der Waals surface area contributed by atoms with Crippen LogP contribution in [0.15, 0.2) is 24.4 Å². The van der Waals surface area contributed by atoms with Gasteiger partial charge in [-0.3, -0.25) is 0 Å². The Balaban J connectivity index is 2.08.